The van der Waals surface area contributed by atoms with E-state index in [1.54, 1.807) is 36.9 Å². The molecule has 0 saturated carbocycles. The van der Waals surface area contributed by atoms with Crippen molar-refractivity contribution < 1.29 is 4.79 Å². The Morgan fingerprint density at radius 1 is 0.920 bits per heavy atom. The van der Waals surface area contributed by atoms with E-state index in [1.165, 1.54) is 0 Å². The minimum absolute atomic E-state index is 0.0565. The van der Waals surface area contributed by atoms with Gasteiger partial charge in [0.1, 0.15) is 5.82 Å². The molecular weight excluding hydrogens is 316 g/mol. The van der Waals surface area contributed by atoms with Crippen molar-refractivity contribution in [1.29, 1.82) is 0 Å². The first kappa shape index (κ1) is 15.3. The van der Waals surface area contributed by atoms with E-state index in [2.05, 4.69) is 25.1 Å². The van der Waals surface area contributed by atoms with Gasteiger partial charge >= 0.3 is 0 Å². The zero-order valence-electron chi connectivity index (χ0n) is 13.7. The normalized spacial score (nSPS) is 14.6. The van der Waals surface area contributed by atoms with Crippen LogP contribution in [0.15, 0.2) is 55.2 Å². The average molecular weight is 334 g/mol. The Labute approximate surface area is 145 Å². The lowest BCUT2D eigenvalue weighted by Crippen LogP contribution is -2.49. The number of pyridine rings is 2. The molecule has 3 aromatic rings. The molecule has 0 aliphatic carbocycles. The molecule has 0 radical (unpaired) electrons. The van der Waals surface area contributed by atoms with Gasteiger partial charge in [-0.2, -0.15) is 5.10 Å². The summed E-state index contributed by atoms with van der Waals surface area (Å²) in [5.74, 6) is 1.04. The number of amides is 1. The van der Waals surface area contributed by atoms with Gasteiger partial charge in [-0.3, -0.25) is 19.9 Å². The molecule has 7 heteroatoms. The third-order valence-corrected chi connectivity index (χ3v) is 4.42. The van der Waals surface area contributed by atoms with Crippen LogP contribution in [0, 0.1) is 0 Å². The summed E-state index contributed by atoms with van der Waals surface area (Å²) in [6.07, 6.45) is 8.68. The first-order valence-electron chi connectivity index (χ1n) is 8.21. The quantitative estimate of drug-likeness (QED) is 0.791. The van der Waals surface area contributed by atoms with E-state index in [0.717, 1.165) is 30.0 Å². The molecule has 0 aromatic carbocycles. The third-order valence-electron chi connectivity index (χ3n) is 4.42. The highest BCUT2D eigenvalue weighted by Gasteiger charge is 2.24. The maximum Gasteiger partial charge on any atom is 0.254 e. The Morgan fingerprint density at radius 3 is 2.24 bits per heavy atom. The van der Waals surface area contributed by atoms with Crippen LogP contribution in [-0.4, -0.2) is 57.2 Å². The number of carbonyl (C=O) groups is 1. The van der Waals surface area contributed by atoms with Gasteiger partial charge in [0, 0.05) is 62.1 Å². The topological polar surface area (TPSA) is 78.0 Å². The van der Waals surface area contributed by atoms with Gasteiger partial charge in [-0.25, -0.2) is 0 Å². The van der Waals surface area contributed by atoms with Crippen LogP contribution in [0.3, 0.4) is 0 Å². The highest BCUT2D eigenvalue weighted by Crippen LogP contribution is 2.28. The van der Waals surface area contributed by atoms with Crippen molar-refractivity contribution >= 4 is 11.7 Å². The lowest BCUT2D eigenvalue weighted by Gasteiger charge is -2.35. The van der Waals surface area contributed by atoms with Gasteiger partial charge in [0.15, 0.2) is 0 Å². The highest BCUT2D eigenvalue weighted by atomic mass is 16.2. The molecule has 4 heterocycles. The summed E-state index contributed by atoms with van der Waals surface area (Å²) in [5.41, 5.74) is 2.81. The van der Waals surface area contributed by atoms with Gasteiger partial charge in [0.05, 0.1) is 6.20 Å². The van der Waals surface area contributed by atoms with Gasteiger partial charge in [-0.15, -0.1) is 0 Å². The second-order valence-corrected chi connectivity index (χ2v) is 5.88. The van der Waals surface area contributed by atoms with E-state index in [4.69, 9.17) is 0 Å². The van der Waals surface area contributed by atoms with Crippen LogP contribution in [0.25, 0.3) is 11.1 Å². The van der Waals surface area contributed by atoms with Gasteiger partial charge < -0.3 is 9.80 Å². The van der Waals surface area contributed by atoms with Crippen molar-refractivity contribution in [1.82, 2.24) is 25.1 Å². The standard InChI is InChI=1S/C18H18N6O/c25-18(15-3-7-20-8-4-15)24-11-9-23(10-12-24)17-16(13-21-22-17)14-1-5-19-6-2-14/h1-8,13H,9-12H2,(H,21,22). The van der Waals surface area contributed by atoms with Crippen LogP contribution >= 0.6 is 0 Å². The molecule has 1 aliphatic rings. The van der Waals surface area contributed by atoms with Gasteiger partial charge in [-0.05, 0) is 29.8 Å². The van der Waals surface area contributed by atoms with Crippen LogP contribution in [0.2, 0.25) is 0 Å². The van der Waals surface area contributed by atoms with Crippen LogP contribution in [0.4, 0.5) is 5.82 Å². The summed E-state index contributed by atoms with van der Waals surface area (Å²) in [6, 6.07) is 7.45. The fourth-order valence-electron chi connectivity index (χ4n) is 3.07. The molecule has 1 saturated heterocycles. The summed E-state index contributed by atoms with van der Waals surface area (Å²) < 4.78 is 0. The fraction of sp³-hybridized carbons (Fsp3) is 0.222. The Hall–Kier alpha value is -3.22. The number of H-pyrrole nitrogens is 1. The second kappa shape index (κ2) is 6.72. The predicted octanol–water partition coefficient (Wildman–Crippen LogP) is 1.83. The molecule has 1 amide bonds. The predicted molar refractivity (Wildman–Crippen MR) is 94.2 cm³/mol. The fourth-order valence-corrected chi connectivity index (χ4v) is 3.07. The van der Waals surface area contributed by atoms with Gasteiger partial charge in [0.2, 0.25) is 0 Å². The number of aromatic nitrogens is 4. The average Bonchev–Trinajstić information content (AvgIpc) is 3.19. The smallest absolute Gasteiger partial charge is 0.254 e. The van der Waals surface area contributed by atoms with Crippen LogP contribution in [0.5, 0.6) is 0 Å². The Morgan fingerprint density at radius 2 is 1.56 bits per heavy atom. The Bertz CT molecular complexity index is 840. The molecular formula is C18H18N6O. The van der Waals surface area contributed by atoms with Crippen LogP contribution in [-0.2, 0) is 0 Å². The van der Waals surface area contributed by atoms with Gasteiger partial charge in [-0.1, -0.05) is 0 Å². The van der Waals surface area contributed by atoms with E-state index in [9.17, 15) is 4.79 Å². The summed E-state index contributed by atoms with van der Waals surface area (Å²) in [4.78, 5) is 24.7. The number of nitrogens with zero attached hydrogens (tertiary/aromatic N) is 5. The number of nitrogens with one attached hydrogen (secondary N) is 1. The molecule has 0 unspecified atom stereocenters. The molecule has 25 heavy (non-hydrogen) atoms. The van der Waals surface area contributed by atoms with Crippen molar-refractivity contribution in [2.45, 2.75) is 0 Å². The second-order valence-electron chi connectivity index (χ2n) is 5.88. The summed E-state index contributed by atoms with van der Waals surface area (Å²) in [7, 11) is 0. The van der Waals surface area contributed by atoms with Crippen LogP contribution in [0.1, 0.15) is 10.4 Å². The van der Waals surface area contributed by atoms with Crippen molar-refractivity contribution in [2.24, 2.45) is 0 Å². The number of hydrogen-bond donors (Lipinski definition) is 1. The minimum Gasteiger partial charge on any atom is -0.353 e. The van der Waals surface area contributed by atoms with E-state index in [-0.39, 0.29) is 5.91 Å². The number of aromatic amines is 1. The van der Waals surface area contributed by atoms with E-state index < -0.39 is 0 Å². The molecule has 126 valence electrons. The monoisotopic (exact) mass is 334 g/mol. The maximum absolute atomic E-state index is 12.5. The Balaban J connectivity index is 1.47. The molecule has 0 spiro atoms. The lowest BCUT2D eigenvalue weighted by molar-refractivity contribution is 0.0746. The molecule has 1 N–H and O–H groups in total. The number of carbonyl (C=O) groups excluding carboxylic acids is 1. The van der Waals surface area contributed by atoms with Crippen molar-refractivity contribution in [2.75, 3.05) is 31.1 Å². The Kier molecular flexibility index (Phi) is 4.12. The van der Waals surface area contributed by atoms with Crippen LogP contribution < -0.4 is 4.90 Å². The maximum atomic E-state index is 12.5. The molecule has 4 rings (SSSR count). The number of rotatable bonds is 3. The molecule has 0 atom stereocenters. The summed E-state index contributed by atoms with van der Waals surface area (Å²) in [5, 5.41) is 7.29. The van der Waals surface area contributed by atoms with E-state index in [0.29, 0.717) is 18.7 Å². The largest absolute Gasteiger partial charge is 0.353 e. The number of piperazine rings is 1. The SMILES string of the molecule is O=C(c1ccncc1)N1CCN(c2[nH]ncc2-c2ccncc2)CC1. The number of anilines is 1. The zero-order chi connectivity index (χ0) is 17.1. The van der Waals surface area contributed by atoms with Crippen molar-refractivity contribution in [3.63, 3.8) is 0 Å². The summed E-state index contributed by atoms with van der Waals surface area (Å²) >= 11 is 0. The lowest BCUT2D eigenvalue weighted by atomic mass is 10.1. The molecule has 7 nitrogen and oxygen atoms in total. The molecule has 1 aliphatic heterocycles. The van der Waals surface area contributed by atoms with Crippen molar-refractivity contribution in [3.8, 4) is 11.1 Å². The highest BCUT2D eigenvalue weighted by molar-refractivity contribution is 5.94. The van der Waals surface area contributed by atoms with E-state index in [1.807, 2.05) is 23.2 Å². The zero-order valence-corrected chi connectivity index (χ0v) is 13.7. The molecule has 1 fully saturated rings. The number of hydrogen-bond acceptors (Lipinski definition) is 5. The van der Waals surface area contributed by atoms with Crippen molar-refractivity contribution in [3.05, 3.63) is 60.8 Å². The molecule has 3 aromatic heterocycles. The summed E-state index contributed by atoms with van der Waals surface area (Å²) in [6.45, 7) is 2.88. The first-order valence-corrected chi connectivity index (χ1v) is 8.21. The molecule has 0 bridgehead atoms. The minimum atomic E-state index is 0.0565. The first-order chi connectivity index (χ1) is 12.3. The van der Waals surface area contributed by atoms with E-state index >= 15 is 0 Å². The van der Waals surface area contributed by atoms with Gasteiger partial charge in [0.25, 0.3) is 5.91 Å². The third kappa shape index (κ3) is 3.08.